The molecule has 0 spiro atoms. The van der Waals surface area contributed by atoms with Crippen LogP contribution in [0, 0.1) is 0 Å². The highest BCUT2D eigenvalue weighted by atomic mass is 35.5. The van der Waals surface area contributed by atoms with Gasteiger partial charge in [0.1, 0.15) is 21.5 Å². The van der Waals surface area contributed by atoms with Crippen LogP contribution in [0.1, 0.15) is 51.9 Å². The molecule has 0 aromatic carbocycles. The van der Waals surface area contributed by atoms with Gasteiger partial charge in [0, 0.05) is 6.07 Å². The maximum atomic E-state index is 12.3. The first-order chi connectivity index (χ1) is 10.3. The van der Waals surface area contributed by atoms with E-state index >= 15 is 0 Å². The lowest BCUT2D eigenvalue weighted by molar-refractivity contribution is 0.00706. The van der Waals surface area contributed by atoms with Crippen molar-refractivity contribution in [3.8, 4) is 0 Å². The molecule has 1 heterocycles. The summed E-state index contributed by atoms with van der Waals surface area (Å²) in [6.45, 7) is 11.1. The van der Waals surface area contributed by atoms with Gasteiger partial charge in [0.15, 0.2) is 0 Å². The zero-order chi connectivity index (χ0) is 18.0. The fourth-order valence-electron chi connectivity index (χ4n) is 1.60. The van der Waals surface area contributed by atoms with Crippen LogP contribution in [0.2, 0.25) is 10.3 Å². The van der Waals surface area contributed by atoms with E-state index in [0.717, 1.165) is 0 Å². The highest BCUT2D eigenvalue weighted by molar-refractivity contribution is 7.59. The minimum atomic E-state index is -0.700. The van der Waals surface area contributed by atoms with E-state index in [4.69, 9.17) is 27.9 Å². The van der Waals surface area contributed by atoms with Crippen LogP contribution in [0.5, 0.6) is 0 Å². The van der Waals surface area contributed by atoms with E-state index in [2.05, 4.69) is 10.3 Å². The molecule has 1 amide bonds. The van der Waals surface area contributed by atoms with E-state index in [0.29, 0.717) is 0 Å². The number of nitrogens with zero attached hydrogens (tertiary/aromatic N) is 1. The number of nitrogens with one attached hydrogen (secondary N) is 1. The van der Waals surface area contributed by atoms with Crippen LogP contribution in [-0.4, -0.2) is 27.4 Å². The predicted molar refractivity (Wildman–Crippen MR) is 96.5 cm³/mol. The maximum absolute atomic E-state index is 12.3. The standard InChI is InChI=1S/C15H21Cl2N2O3P/c1-14(2,3)22-12(20)10-8(7-9(16)19-11(10)17)18-13(21)23-15(4,5)6/h7,23H,1-6H3,(H,18,19,21). The summed E-state index contributed by atoms with van der Waals surface area (Å²) in [5.74, 6) is -0.666. The molecule has 5 nitrogen and oxygen atoms in total. The Labute approximate surface area is 148 Å². The number of halogens is 2. The Morgan fingerprint density at radius 3 is 2.22 bits per heavy atom. The molecule has 0 saturated heterocycles. The van der Waals surface area contributed by atoms with Crippen LogP contribution in [0.25, 0.3) is 0 Å². The molecule has 0 bridgehead atoms. The molecule has 23 heavy (non-hydrogen) atoms. The van der Waals surface area contributed by atoms with Crippen molar-refractivity contribution in [2.45, 2.75) is 52.3 Å². The number of ether oxygens (including phenoxy) is 1. The molecule has 8 heteroatoms. The minimum Gasteiger partial charge on any atom is -0.456 e. The third-order valence-electron chi connectivity index (χ3n) is 2.28. The molecule has 1 unspecified atom stereocenters. The minimum absolute atomic E-state index is 0.00180. The van der Waals surface area contributed by atoms with Gasteiger partial charge in [-0.15, -0.1) is 0 Å². The number of hydrogen-bond acceptors (Lipinski definition) is 4. The Balaban J connectivity index is 3.16. The summed E-state index contributed by atoms with van der Waals surface area (Å²) in [7, 11) is 0.00543. The number of rotatable bonds is 3. The fourth-order valence-corrected chi connectivity index (χ4v) is 2.99. The van der Waals surface area contributed by atoms with Crippen molar-refractivity contribution >= 4 is 49.1 Å². The maximum Gasteiger partial charge on any atom is 0.343 e. The lowest BCUT2D eigenvalue weighted by Crippen LogP contribution is -2.25. The molecule has 128 valence electrons. The largest absolute Gasteiger partial charge is 0.456 e. The molecule has 1 atom stereocenters. The molecule has 1 aromatic rings. The summed E-state index contributed by atoms with van der Waals surface area (Å²) in [4.78, 5) is 28.3. The number of hydrogen-bond donors (Lipinski definition) is 1. The molecule has 1 N–H and O–H groups in total. The molecule has 1 rings (SSSR count). The molecule has 1 aromatic heterocycles. The third-order valence-corrected chi connectivity index (χ3v) is 3.85. The van der Waals surface area contributed by atoms with E-state index in [1.807, 2.05) is 20.8 Å². The van der Waals surface area contributed by atoms with Crippen molar-refractivity contribution in [3.05, 3.63) is 21.9 Å². The zero-order valence-electron chi connectivity index (χ0n) is 14.0. The van der Waals surface area contributed by atoms with Gasteiger partial charge in [-0.1, -0.05) is 44.0 Å². The van der Waals surface area contributed by atoms with E-state index < -0.39 is 11.6 Å². The van der Waals surface area contributed by atoms with Crippen LogP contribution in [-0.2, 0) is 4.74 Å². The van der Waals surface area contributed by atoms with Crippen LogP contribution in [0.4, 0.5) is 10.5 Å². The van der Waals surface area contributed by atoms with Crippen LogP contribution >= 0.6 is 31.8 Å². The number of esters is 1. The normalized spacial score (nSPS) is 12.5. The van der Waals surface area contributed by atoms with Gasteiger partial charge in [0.25, 0.3) is 0 Å². The number of carbonyl (C=O) groups is 2. The number of pyridine rings is 1. The Morgan fingerprint density at radius 1 is 1.17 bits per heavy atom. The van der Waals surface area contributed by atoms with Crippen molar-refractivity contribution in [1.82, 2.24) is 4.98 Å². The van der Waals surface area contributed by atoms with Gasteiger partial charge >= 0.3 is 5.97 Å². The van der Waals surface area contributed by atoms with E-state index in [9.17, 15) is 9.59 Å². The summed E-state index contributed by atoms with van der Waals surface area (Å²) >= 11 is 11.9. The molecule has 0 fully saturated rings. The topological polar surface area (TPSA) is 68.3 Å². The SMILES string of the molecule is CC(C)(C)OC(=O)c1c(NC(=O)PC(C)(C)C)cc(Cl)nc1Cl. The molecule has 0 aliphatic heterocycles. The second-order valence-corrected chi connectivity index (χ2v) is 9.94. The first kappa shape index (κ1) is 20.1. The Bertz CT molecular complexity index is 622. The van der Waals surface area contributed by atoms with Crippen LogP contribution in [0.3, 0.4) is 0 Å². The first-order valence-electron chi connectivity index (χ1n) is 6.97. The average molecular weight is 379 g/mol. The van der Waals surface area contributed by atoms with E-state index in [-0.39, 0.29) is 40.9 Å². The van der Waals surface area contributed by atoms with Crippen LogP contribution < -0.4 is 5.32 Å². The van der Waals surface area contributed by atoms with Gasteiger partial charge < -0.3 is 10.1 Å². The molecular formula is C15H21Cl2N2O3P. The number of amides is 1. The van der Waals surface area contributed by atoms with Crippen molar-refractivity contribution in [2.24, 2.45) is 0 Å². The highest BCUT2D eigenvalue weighted by Gasteiger charge is 2.26. The van der Waals surface area contributed by atoms with Crippen molar-refractivity contribution < 1.29 is 14.3 Å². The van der Waals surface area contributed by atoms with E-state index in [1.165, 1.54) is 6.07 Å². The molecule has 0 aliphatic rings. The number of aromatic nitrogens is 1. The lowest BCUT2D eigenvalue weighted by Gasteiger charge is -2.22. The molecule has 0 aliphatic carbocycles. The summed E-state index contributed by atoms with van der Waals surface area (Å²) in [6, 6.07) is 1.39. The van der Waals surface area contributed by atoms with Gasteiger partial charge in [0.05, 0.1) is 5.69 Å². The summed E-state index contributed by atoms with van der Waals surface area (Å²) in [5, 5.41) is 2.48. The van der Waals surface area contributed by atoms with Gasteiger partial charge in [-0.3, -0.25) is 4.79 Å². The lowest BCUT2D eigenvalue weighted by atomic mass is 10.2. The second kappa shape index (κ2) is 7.33. The van der Waals surface area contributed by atoms with Gasteiger partial charge in [-0.05, 0) is 34.5 Å². The van der Waals surface area contributed by atoms with Crippen molar-refractivity contribution in [3.63, 3.8) is 0 Å². The Kier molecular flexibility index (Phi) is 6.42. The monoisotopic (exact) mass is 378 g/mol. The number of carbonyl (C=O) groups excluding carboxylic acids is 2. The Hall–Kier alpha value is -0.900. The van der Waals surface area contributed by atoms with E-state index in [1.54, 1.807) is 20.8 Å². The van der Waals surface area contributed by atoms with Gasteiger partial charge in [-0.2, -0.15) is 0 Å². The highest BCUT2D eigenvalue weighted by Crippen LogP contribution is 2.34. The smallest absolute Gasteiger partial charge is 0.343 e. The molecular weight excluding hydrogens is 358 g/mol. The van der Waals surface area contributed by atoms with Crippen LogP contribution in [0.15, 0.2) is 6.07 Å². The summed E-state index contributed by atoms with van der Waals surface area (Å²) in [5.41, 5.74) is -0.723. The first-order valence-corrected chi connectivity index (χ1v) is 8.72. The fraction of sp³-hybridized carbons (Fsp3) is 0.533. The quantitative estimate of drug-likeness (QED) is 0.437. The zero-order valence-corrected chi connectivity index (χ0v) is 16.5. The third kappa shape index (κ3) is 7.03. The summed E-state index contributed by atoms with van der Waals surface area (Å²) in [6.07, 6.45) is 0. The average Bonchev–Trinajstić information content (AvgIpc) is 2.21. The second-order valence-electron chi connectivity index (χ2n) is 6.99. The van der Waals surface area contributed by atoms with Gasteiger partial charge in [-0.25, -0.2) is 9.78 Å². The Morgan fingerprint density at radius 2 is 1.74 bits per heavy atom. The molecule has 0 saturated carbocycles. The molecule has 0 radical (unpaired) electrons. The van der Waals surface area contributed by atoms with Gasteiger partial charge in [0.2, 0.25) is 5.65 Å². The van der Waals surface area contributed by atoms with Crippen molar-refractivity contribution in [1.29, 1.82) is 0 Å². The van der Waals surface area contributed by atoms with Crippen molar-refractivity contribution in [2.75, 3.05) is 5.32 Å². The number of anilines is 1. The summed E-state index contributed by atoms with van der Waals surface area (Å²) < 4.78 is 5.31. The predicted octanol–water partition coefficient (Wildman–Crippen LogP) is 5.35.